The topological polar surface area (TPSA) is 47.6 Å². The van der Waals surface area contributed by atoms with Crippen LogP contribution in [-0.4, -0.2) is 20.1 Å². The van der Waals surface area contributed by atoms with Crippen LogP contribution in [0, 0.1) is 6.92 Å². The lowest BCUT2D eigenvalue weighted by atomic mass is 10.1. The van der Waals surface area contributed by atoms with Crippen molar-refractivity contribution in [2.75, 3.05) is 19.5 Å². The van der Waals surface area contributed by atoms with E-state index >= 15 is 0 Å². The zero-order valence-electron chi connectivity index (χ0n) is 12.1. The number of nitrogens with one attached hydrogen (secondary N) is 1. The lowest BCUT2D eigenvalue weighted by Crippen LogP contribution is -2.13. The molecule has 2 aromatic rings. The first kappa shape index (κ1) is 15.2. The van der Waals surface area contributed by atoms with E-state index in [-0.39, 0.29) is 5.91 Å². The molecule has 0 fully saturated rings. The van der Waals surface area contributed by atoms with Crippen molar-refractivity contribution < 1.29 is 14.3 Å². The molecule has 0 spiro atoms. The summed E-state index contributed by atoms with van der Waals surface area (Å²) < 4.78 is 10.4. The molecule has 5 heteroatoms. The number of ether oxygens (including phenoxy) is 2. The van der Waals surface area contributed by atoms with Gasteiger partial charge in [0.05, 0.1) is 14.2 Å². The Balaban J connectivity index is 2.31. The van der Waals surface area contributed by atoms with Gasteiger partial charge in [-0.1, -0.05) is 17.7 Å². The van der Waals surface area contributed by atoms with Crippen molar-refractivity contribution in [1.29, 1.82) is 0 Å². The Hall–Kier alpha value is -2.20. The second-order valence-corrected chi connectivity index (χ2v) is 4.92. The van der Waals surface area contributed by atoms with Crippen LogP contribution in [-0.2, 0) is 0 Å². The number of carbonyl (C=O) groups excluding carboxylic acids is 1. The van der Waals surface area contributed by atoms with Crippen LogP contribution in [0.3, 0.4) is 0 Å². The first-order valence-corrected chi connectivity index (χ1v) is 6.72. The molecule has 0 unspecified atom stereocenters. The molecule has 4 nitrogen and oxygen atoms in total. The van der Waals surface area contributed by atoms with Crippen LogP contribution >= 0.6 is 11.6 Å². The summed E-state index contributed by atoms with van der Waals surface area (Å²) >= 11 is 5.90. The van der Waals surface area contributed by atoms with Gasteiger partial charge in [-0.2, -0.15) is 0 Å². The average molecular weight is 306 g/mol. The number of amides is 1. The number of hydrogen-bond acceptors (Lipinski definition) is 3. The predicted molar refractivity (Wildman–Crippen MR) is 83.7 cm³/mol. The molecule has 0 aliphatic heterocycles. The van der Waals surface area contributed by atoms with E-state index in [1.165, 1.54) is 7.11 Å². The molecule has 0 aliphatic rings. The summed E-state index contributed by atoms with van der Waals surface area (Å²) in [5.41, 5.74) is 1.96. The van der Waals surface area contributed by atoms with Crippen molar-refractivity contribution in [1.82, 2.24) is 0 Å². The summed E-state index contributed by atoms with van der Waals surface area (Å²) in [5.74, 6) is 0.879. The van der Waals surface area contributed by atoms with E-state index in [0.717, 1.165) is 5.56 Å². The normalized spacial score (nSPS) is 10.1. The van der Waals surface area contributed by atoms with Gasteiger partial charge < -0.3 is 14.8 Å². The van der Waals surface area contributed by atoms with Crippen molar-refractivity contribution in [2.24, 2.45) is 0 Å². The standard InChI is InChI=1S/C16H16ClNO3/c1-10-7-14(20-2)15(21-3)9-13(10)16(19)18-12-6-4-5-11(17)8-12/h4-9H,1-3H3,(H,18,19). The van der Waals surface area contributed by atoms with Crippen LogP contribution in [0.5, 0.6) is 11.5 Å². The van der Waals surface area contributed by atoms with Crippen LogP contribution in [0.25, 0.3) is 0 Å². The molecule has 0 saturated carbocycles. The number of rotatable bonds is 4. The number of carbonyl (C=O) groups is 1. The molecule has 2 rings (SSSR count). The third kappa shape index (κ3) is 3.47. The number of hydrogen-bond donors (Lipinski definition) is 1. The van der Waals surface area contributed by atoms with E-state index in [1.54, 1.807) is 43.5 Å². The van der Waals surface area contributed by atoms with Gasteiger partial charge in [-0.3, -0.25) is 4.79 Å². The van der Waals surface area contributed by atoms with Crippen LogP contribution < -0.4 is 14.8 Å². The molecule has 2 aromatic carbocycles. The summed E-state index contributed by atoms with van der Waals surface area (Å²) in [4.78, 5) is 12.4. The Kier molecular flexibility index (Phi) is 4.70. The Bertz CT molecular complexity index is 671. The second-order valence-electron chi connectivity index (χ2n) is 4.49. The first-order valence-electron chi connectivity index (χ1n) is 6.34. The zero-order chi connectivity index (χ0) is 15.4. The number of benzene rings is 2. The molecular weight excluding hydrogens is 290 g/mol. The van der Waals surface area contributed by atoms with Crippen LogP contribution in [0.4, 0.5) is 5.69 Å². The molecular formula is C16H16ClNO3. The minimum atomic E-state index is -0.226. The number of anilines is 1. The van der Waals surface area contributed by atoms with Gasteiger partial charge >= 0.3 is 0 Å². The molecule has 0 heterocycles. The van der Waals surface area contributed by atoms with Gasteiger partial charge in [-0.25, -0.2) is 0 Å². The van der Waals surface area contributed by atoms with Gasteiger partial charge in [-0.15, -0.1) is 0 Å². The fraction of sp³-hybridized carbons (Fsp3) is 0.188. The molecule has 0 atom stereocenters. The van der Waals surface area contributed by atoms with Crippen LogP contribution in [0.1, 0.15) is 15.9 Å². The number of halogens is 1. The maximum atomic E-state index is 12.4. The van der Waals surface area contributed by atoms with Gasteiger partial charge in [0.15, 0.2) is 11.5 Å². The minimum absolute atomic E-state index is 0.226. The van der Waals surface area contributed by atoms with E-state index in [9.17, 15) is 4.79 Å². The third-order valence-corrected chi connectivity index (χ3v) is 3.29. The summed E-state index contributed by atoms with van der Waals surface area (Å²) in [5, 5.41) is 3.38. The maximum Gasteiger partial charge on any atom is 0.256 e. The Morgan fingerprint density at radius 2 is 1.76 bits per heavy atom. The number of methoxy groups -OCH3 is 2. The zero-order valence-corrected chi connectivity index (χ0v) is 12.8. The SMILES string of the molecule is COc1cc(C)c(C(=O)Nc2cccc(Cl)c2)cc1OC. The molecule has 110 valence electrons. The van der Waals surface area contributed by atoms with Crippen LogP contribution in [0.15, 0.2) is 36.4 Å². The van der Waals surface area contributed by atoms with E-state index in [0.29, 0.717) is 27.8 Å². The van der Waals surface area contributed by atoms with Crippen molar-refractivity contribution in [3.63, 3.8) is 0 Å². The summed E-state index contributed by atoms with van der Waals surface area (Å²) in [7, 11) is 3.09. The van der Waals surface area contributed by atoms with Crippen LogP contribution in [0.2, 0.25) is 5.02 Å². The molecule has 1 amide bonds. The molecule has 0 aliphatic carbocycles. The smallest absolute Gasteiger partial charge is 0.256 e. The Morgan fingerprint density at radius 1 is 1.10 bits per heavy atom. The largest absolute Gasteiger partial charge is 0.493 e. The average Bonchev–Trinajstić information content (AvgIpc) is 2.46. The highest BCUT2D eigenvalue weighted by molar-refractivity contribution is 6.31. The van der Waals surface area contributed by atoms with Gasteiger partial charge in [0.2, 0.25) is 0 Å². The lowest BCUT2D eigenvalue weighted by Gasteiger charge is -2.13. The predicted octanol–water partition coefficient (Wildman–Crippen LogP) is 3.92. The van der Waals surface area contributed by atoms with E-state index < -0.39 is 0 Å². The Morgan fingerprint density at radius 3 is 2.38 bits per heavy atom. The molecule has 0 radical (unpaired) electrons. The molecule has 0 aromatic heterocycles. The van der Waals surface area contributed by atoms with E-state index in [4.69, 9.17) is 21.1 Å². The van der Waals surface area contributed by atoms with Gasteiger partial charge in [0, 0.05) is 16.3 Å². The van der Waals surface area contributed by atoms with Gasteiger partial charge in [0.1, 0.15) is 0 Å². The minimum Gasteiger partial charge on any atom is -0.493 e. The summed E-state index contributed by atoms with van der Waals surface area (Å²) in [6.45, 7) is 1.84. The second kappa shape index (κ2) is 6.50. The quantitative estimate of drug-likeness (QED) is 0.931. The van der Waals surface area contributed by atoms with E-state index in [2.05, 4.69) is 5.32 Å². The van der Waals surface area contributed by atoms with Gasteiger partial charge in [-0.05, 0) is 42.8 Å². The van der Waals surface area contributed by atoms with Crippen molar-refractivity contribution in [2.45, 2.75) is 6.92 Å². The summed E-state index contributed by atoms with van der Waals surface area (Å²) in [6.07, 6.45) is 0. The highest BCUT2D eigenvalue weighted by atomic mass is 35.5. The highest BCUT2D eigenvalue weighted by Crippen LogP contribution is 2.30. The van der Waals surface area contributed by atoms with Crippen molar-refractivity contribution in [3.8, 4) is 11.5 Å². The maximum absolute atomic E-state index is 12.4. The lowest BCUT2D eigenvalue weighted by molar-refractivity contribution is 0.102. The monoisotopic (exact) mass is 305 g/mol. The Labute approximate surface area is 128 Å². The fourth-order valence-electron chi connectivity index (χ4n) is 1.99. The molecule has 0 saturated heterocycles. The van der Waals surface area contributed by atoms with E-state index in [1.807, 2.05) is 6.92 Å². The fourth-order valence-corrected chi connectivity index (χ4v) is 2.18. The molecule has 1 N–H and O–H groups in total. The molecule has 0 bridgehead atoms. The number of aryl methyl sites for hydroxylation is 1. The third-order valence-electron chi connectivity index (χ3n) is 3.06. The first-order chi connectivity index (χ1) is 10.0. The van der Waals surface area contributed by atoms with Crippen molar-refractivity contribution >= 4 is 23.2 Å². The summed E-state index contributed by atoms with van der Waals surface area (Å²) in [6, 6.07) is 10.4. The van der Waals surface area contributed by atoms with Crippen molar-refractivity contribution in [3.05, 3.63) is 52.5 Å². The van der Waals surface area contributed by atoms with Gasteiger partial charge in [0.25, 0.3) is 5.91 Å². The molecule has 21 heavy (non-hydrogen) atoms. The highest BCUT2D eigenvalue weighted by Gasteiger charge is 2.14.